The van der Waals surface area contributed by atoms with E-state index in [1.54, 1.807) is 0 Å². The Morgan fingerprint density at radius 1 is 0.896 bits per heavy atom. The van der Waals surface area contributed by atoms with E-state index in [1.807, 2.05) is 0 Å². The van der Waals surface area contributed by atoms with Crippen molar-refractivity contribution in [3.05, 3.63) is 48.1 Å². The molecule has 4 rings (SSSR count). The fraction of sp³-hybridized carbons (Fsp3) is 0.800. The van der Waals surface area contributed by atoms with Crippen LogP contribution in [0.2, 0.25) is 0 Å². The van der Waals surface area contributed by atoms with Crippen molar-refractivity contribution in [2.45, 2.75) is 182 Å². The number of rotatable bonds is 19. The number of hydrogen-bond acceptors (Lipinski definition) is 3. The highest BCUT2D eigenvalue weighted by molar-refractivity contribution is 5.69. The van der Waals surface area contributed by atoms with Crippen LogP contribution in [-0.4, -0.2) is 23.3 Å². The SMILES string of the molecule is CC/C=C\C/C=C\C/C=C\CCCCCCCC(=O)OC1C[C@@H](O)CC2=CC[C@H]3[C@@H]4CC[C@H]([C@H](C)CCCC(C)C)[C@@]4(C)CC[C@@H]3[C@]21C. The van der Waals surface area contributed by atoms with Crippen molar-refractivity contribution in [1.82, 2.24) is 0 Å². The number of hydrogen-bond donors (Lipinski definition) is 1. The lowest BCUT2D eigenvalue weighted by molar-refractivity contribution is -0.169. The van der Waals surface area contributed by atoms with E-state index in [1.165, 1.54) is 69.8 Å². The Kier molecular flexibility index (Phi) is 15.6. The number of esters is 1. The van der Waals surface area contributed by atoms with Gasteiger partial charge in [0.15, 0.2) is 0 Å². The average Bonchev–Trinajstić information content (AvgIpc) is 3.40. The first-order chi connectivity index (χ1) is 23.1. The minimum Gasteiger partial charge on any atom is -0.461 e. The maximum Gasteiger partial charge on any atom is 0.306 e. The van der Waals surface area contributed by atoms with Crippen molar-refractivity contribution in [3.8, 4) is 0 Å². The van der Waals surface area contributed by atoms with Crippen LogP contribution in [0.3, 0.4) is 0 Å². The Morgan fingerprint density at radius 2 is 1.60 bits per heavy atom. The molecule has 0 amide bonds. The second-order valence-electron chi connectivity index (χ2n) is 17.3. The molecule has 0 radical (unpaired) electrons. The Morgan fingerprint density at radius 3 is 2.35 bits per heavy atom. The van der Waals surface area contributed by atoms with E-state index in [2.05, 4.69) is 84.1 Å². The first kappa shape index (κ1) is 39.2. The number of ether oxygens (including phenoxy) is 1. The van der Waals surface area contributed by atoms with E-state index in [0.717, 1.165) is 75.0 Å². The van der Waals surface area contributed by atoms with Crippen molar-refractivity contribution < 1.29 is 14.6 Å². The van der Waals surface area contributed by atoms with Crippen LogP contribution >= 0.6 is 0 Å². The van der Waals surface area contributed by atoms with E-state index in [4.69, 9.17) is 4.74 Å². The first-order valence-electron chi connectivity index (χ1n) is 20.6. The van der Waals surface area contributed by atoms with Crippen molar-refractivity contribution in [3.63, 3.8) is 0 Å². The third kappa shape index (κ3) is 10.0. The molecule has 3 fully saturated rings. The number of fused-ring (bicyclic) bond motifs is 5. The molecule has 0 bridgehead atoms. The summed E-state index contributed by atoms with van der Waals surface area (Å²) in [5, 5.41) is 10.9. The molecule has 0 aromatic rings. The molecule has 0 aromatic heterocycles. The standard InChI is InChI=1S/C45H74O3/c1-7-8-9-10-11-12-13-14-15-16-17-18-19-20-21-25-43(47)48-42-33-37(46)32-36-26-27-38-40-29-28-39(35(4)24-22-23-34(2)3)44(40,5)31-30-41(38)45(36,42)6/h8-9,11-12,14-15,26,34-35,37-42,46H,7,10,13,16-25,27-33H2,1-6H3/b9-8-,12-11-,15-14-/t35-,37+,38+,39-,40+,41+,42?,44-,45+/m1/s1. The van der Waals surface area contributed by atoms with Gasteiger partial charge in [-0.3, -0.25) is 4.79 Å². The predicted octanol–water partition coefficient (Wildman–Crippen LogP) is 12.5. The predicted molar refractivity (Wildman–Crippen MR) is 204 cm³/mol. The van der Waals surface area contributed by atoms with Gasteiger partial charge >= 0.3 is 5.97 Å². The summed E-state index contributed by atoms with van der Waals surface area (Å²) < 4.78 is 6.40. The van der Waals surface area contributed by atoms with Crippen molar-refractivity contribution in [2.75, 3.05) is 0 Å². The molecule has 4 aliphatic rings. The Balaban J connectivity index is 1.23. The normalized spacial score (nSPS) is 34.0. The summed E-state index contributed by atoms with van der Waals surface area (Å²) in [4.78, 5) is 13.3. The average molecular weight is 663 g/mol. The van der Waals surface area contributed by atoms with Gasteiger partial charge in [-0.1, -0.05) is 128 Å². The maximum absolute atomic E-state index is 13.3. The molecule has 3 nitrogen and oxygen atoms in total. The topological polar surface area (TPSA) is 46.5 Å². The number of unbranched alkanes of at least 4 members (excludes halogenated alkanes) is 5. The number of carbonyl (C=O) groups is 1. The van der Waals surface area contributed by atoms with Crippen LogP contribution in [0.4, 0.5) is 0 Å². The number of allylic oxidation sites excluding steroid dienone is 7. The lowest BCUT2D eigenvalue weighted by atomic mass is 9.46. The molecule has 0 heterocycles. The molecular weight excluding hydrogens is 588 g/mol. The minimum absolute atomic E-state index is 0.0465. The van der Waals surface area contributed by atoms with Gasteiger partial charge in [-0.15, -0.1) is 0 Å². The summed E-state index contributed by atoms with van der Waals surface area (Å²) in [5.41, 5.74) is 1.70. The van der Waals surface area contributed by atoms with Gasteiger partial charge in [0.05, 0.1) is 6.10 Å². The zero-order valence-corrected chi connectivity index (χ0v) is 32.1. The highest BCUT2D eigenvalue weighted by atomic mass is 16.5. The van der Waals surface area contributed by atoms with Crippen LogP contribution < -0.4 is 0 Å². The smallest absolute Gasteiger partial charge is 0.306 e. The zero-order valence-electron chi connectivity index (χ0n) is 32.1. The Labute approximate surface area is 296 Å². The summed E-state index contributed by atoms with van der Waals surface area (Å²) in [6, 6.07) is 0. The zero-order chi connectivity index (χ0) is 34.6. The van der Waals surface area contributed by atoms with Crippen LogP contribution in [0.25, 0.3) is 0 Å². The fourth-order valence-electron chi connectivity index (χ4n) is 11.0. The Bertz CT molecular complexity index is 1100. The van der Waals surface area contributed by atoms with Crippen molar-refractivity contribution in [1.29, 1.82) is 0 Å². The molecule has 4 aliphatic carbocycles. The van der Waals surface area contributed by atoms with E-state index in [0.29, 0.717) is 30.1 Å². The summed E-state index contributed by atoms with van der Waals surface area (Å²) in [6.45, 7) is 14.5. The molecule has 48 heavy (non-hydrogen) atoms. The largest absolute Gasteiger partial charge is 0.461 e. The van der Waals surface area contributed by atoms with Crippen molar-refractivity contribution in [2.24, 2.45) is 46.3 Å². The van der Waals surface area contributed by atoms with E-state index in [-0.39, 0.29) is 17.5 Å². The molecule has 0 aliphatic heterocycles. The third-order valence-corrected chi connectivity index (χ3v) is 13.7. The van der Waals surface area contributed by atoms with Gasteiger partial charge in [0, 0.05) is 18.3 Å². The molecule has 3 heteroatoms. The second-order valence-corrected chi connectivity index (χ2v) is 17.3. The second kappa shape index (κ2) is 19.1. The quantitative estimate of drug-likeness (QED) is 0.0850. The van der Waals surface area contributed by atoms with Gasteiger partial charge in [-0.05, 0) is 118 Å². The van der Waals surface area contributed by atoms with Gasteiger partial charge in [0.2, 0.25) is 0 Å². The number of carbonyl (C=O) groups excluding carboxylic acids is 1. The third-order valence-electron chi connectivity index (χ3n) is 13.7. The monoisotopic (exact) mass is 663 g/mol. The molecule has 0 aromatic carbocycles. The minimum atomic E-state index is -0.400. The first-order valence-corrected chi connectivity index (χ1v) is 20.6. The van der Waals surface area contributed by atoms with Crippen molar-refractivity contribution >= 4 is 5.97 Å². The maximum atomic E-state index is 13.3. The van der Waals surface area contributed by atoms with Crippen LogP contribution in [0.5, 0.6) is 0 Å². The van der Waals surface area contributed by atoms with Crippen LogP contribution in [0.15, 0.2) is 48.1 Å². The molecule has 3 saturated carbocycles. The van der Waals surface area contributed by atoms with Gasteiger partial charge in [0.1, 0.15) is 6.10 Å². The van der Waals surface area contributed by atoms with Gasteiger partial charge in [-0.2, -0.15) is 0 Å². The summed E-state index contributed by atoms with van der Waals surface area (Å²) in [5.74, 6) is 4.43. The highest BCUT2D eigenvalue weighted by Crippen LogP contribution is 2.67. The van der Waals surface area contributed by atoms with Crippen LogP contribution in [0.1, 0.15) is 170 Å². The molecular formula is C45H74O3. The molecule has 272 valence electrons. The summed E-state index contributed by atoms with van der Waals surface area (Å²) in [7, 11) is 0. The lowest BCUT2D eigenvalue weighted by Gasteiger charge is -2.60. The summed E-state index contributed by atoms with van der Waals surface area (Å²) in [6.07, 6.45) is 37.8. The summed E-state index contributed by atoms with van der Waals surface area (Å²) >= 11 is 0. The van der Waals surface area contributed by atoms with E-state index in [9.17, 15) is 9.90 Å². The highest BCUT2D eigenvalue weighted by Gasteiger charge is 2.61. The van der Waals surface area contributed by atoms with Gasteiger partial charge < -0.3 is 9.84 Å². The number of aliphatic hydroxyl groups is 1. The van der Waals surface area contributed by atoms with Crippen LogP contribution in [-0.2, 0) is 9.53 Å². The van der Waals surface area contributed by atoms with Gasteiger partial charge in [-0.25, -0.2) is 0 Å². The Hall–Kier alpha value is -1.61. The van der Waals surface area contributed by atoms with Crippen LogP contribution in [0, 0.1) is 46.3 Å². The molecule has 1 N–H and O–H groups in total. The van der Waals surface area contributed by atoms with E-state index >= 15 is 0 Å². The molecule has 1 unspecified atom stereocenters. The fourth-order valence-corrected chi connectivity index (χ4v) is 11.0. The molecule has 9 atom stereocenters. The van der Waals surface area contributed by atoms with Gasteiger partial charge in [0.25, 0.3) is 0 Å². The van der Waals surface area contributed by atoms with E-state index < -0.39 is 6.10 Å². The number of aliphatic hydroxyl groups excluding tert-OH is 1. The molecule has 0 saturated heterocycles. The molecule has 0 spiro atoms. The lowest BCUT2D eigenvalue weighted by Crippen LogP contribution is -2.56.